The van der Waals surface area contributed by atoms with Crippen LogP contribution in [0, 0.1) is 6.92 Å². The van der Waals surface area contributed by atoms with Crippen LogP contribution < -0.4 is 9.64 Å². The molecule has 0 fully saturated rings. The molecule has 0 N–H and O–H groups in total. The molecule has 1 aromatic carbocycles. The second-order valence-electron chi connectivity index (χ2n) is 3.26. The van der Waals surface area contributed by atoms with Crippen LogP contribution in [0.25, 0.3) is 0 Å². The summed E-state index contributed by atoms with van der Waals surface area (Å²) in [6, 6.07) is 5.75. The molecular formula is C11H14BrNO2. The van der Waals surface area contributed by atoms with Crippen LogP contribution in [0.2, 0.25) is 0 Å². The van der Waals surface area contributed by atoms with Crippen LogP contribution in [0.4, 0.5) is 5.69 Å². The molecule has 15 heavy (non-hydrogen) atoms. The molecule has 3 nitrogen and oxygen atoms in total. The van der Waals surface area contributed by atoms with E-state index in [4.69, 9.17) is 4.74 Å². The molecule has 0 bridgehead atoms. The summed E-state index contributed by atoms with van der Waals surface area (Å²) in [7, 11) is 3.33. The van der Waals surface area contributed by atoms with Gasteiger partial charge in [0.1, 0.15) is 5.75 Å². The second-order valence-corrected chi connectivity index (χ2v) is 3.82. The minimum absolute atomic E-state index is 0.00102. The monoisotopic (exact) mass is 271 g/mol. The second kappa shape index (κ2) is 5.16. The van der Waals surface area contributed by atoms with Gasteiger partial charge in [0.2, 0.25) is 5.91 Å². The first kappa shape index (κ1) is 12.0. The lowest BCUT2D eigenvalue weighted by atomic mass is 10.2. The van der Waals surface area contributed by atoms with Gasteiger partial charge in [-0.25, -0.2) is 0 Å². The number of hydrogen-bond acceptors (Lipinski definition) is 2. The summed E-state index contributed by atoms with van der Waals surface area (Å²) in [5.74, 6) is 0.705. The average molecular weight is 272 g/mol. The standard InChI is InChI=1S/C11H14BrNO2/c1-8-4-5-10(15-3)9(6-8)13(2)11(14)7-12/h4-6H,7H2,1-3H3. The van der Waals surface area contributed by atoms with Crippen LogP contribution in [0.1, 0.15) is 5.56 Å². The van der Waals surface area contributed by atoms with Crippen LogP contribution in [0.3, 0.4) is 0 Å². The van der Waals surface area contributed by atoms with Gasteiger partial charge in [0.15, 0.2) is 0 Å². The van der Waals surface area contributed by atoms with E-state index >= 15 is 0 Å². The van der Waals surface area contributed by atoms with Crippen molar-refractivity contribution in [3.05, 3.63) is 23.8 Å². The van der Waals surface area contributed by atoms with Crippen LogP contribution in [-0.2, 0) is 4.79 Å². The molecular weight excluding hydrogens is 258 g/mol. The third-order valence-electron chi connectivity index (χ3n) is 2.18. The highest BCUT2D eigenvalue weighted by molar-refractivity contribution is 9.09. The van der Waals surface area contributed by atoms with Gasteiger partial charge in [0.05, 0.1) is 18.1 Å². The summed E-state index contributed by atoms with van der Waals surface area (Å²) < 4.78 is 5.21. The van der Waals surface area contributed by atoms with Gasteiger partial charge in [-0.05, 0) is 24.6 Å². The number of carbonyl (C=O) groups is 1. The van der Waals surface area contributed by atoms with Crippen molar-refractivity contribution in [1.29, 1.82) is 0 Å². The van der Waals surface area contributed by atoms with Gasteiger partial charge in [-0.15, -0.1) is 0 Å². The molecule has 0 heterocycles. The lowest BCUT2D eigenvalue weighted by molar-refractivity contribution is -0.115. The highest BCUT2D eigenvalue weighted by Gasteiger charge is 2.13. The molecule has 4 heteroatoms. The third kappa shape index (κ3) is 2.72. The average Bonchev–Trinajstić information content (AvgIpc) is 2.27. The maximum atomic E-state index is 11.5. The molecule has 1 rings (SSSR count). The first-order valence-electron chi connectivity index (χ1n) is 4.57. The molecule has 0 unspecified atom stereocenters. The highest BCUT2D eigenvalue weighted by Crippen LogP contribution is 2.28. The topological polar surface area (TPSA) is 29.5 Å². The molecule has 0 aromatic heterocycles. The van der Waals surface area contributed by atoms with Crippen molar-refractivity contribution >= 4 is 27.5 Å². The first-order chi connectivity index (χ1) is 7.10. The predicted molar refractivity (Wildman–Crippen MR) is 64.9 cm³/mol. The number of hydrogen-bond donors (Lipinski definition) is 0. The molecule has 1 amide bonds. The predicted octanol–water partition coefficient (Wildman–Crippen LogP) is 2.36. The van der Waals surface area contributed by atoms with Gasteiger partial charge in [-0.1, -0.05) is 22.0 Å². The minimum atomic E-state index is -0.00102. The number of benzene rings is 1. The van der Waals surface area contributed by atoms with Gasteiger partial charge in [-0.2, -0.15) is 0 Å². The zero-order valence-corrected chi connectivity index (χ0v) is 10.7. The lowest BCUT2D eigenvalue weighted by Crippen LogP contribution is -2.27. The zero-order valence-electron chi connectivity index (χ0n) is 9.08. The van der Waals surface area contributed by atoms with Crippen molar-refractivity contribution in [2.75, 3.05) is 24.4 Å². The molecule has 82 valence electrons. The van der Waals surface area contributed by atoms with Crippen molar-refractivity contribution in [3.63, 3.8) is 0 Å². The Balaban J connectivity index is 3.10. The summed E-state index contributed by atoms with van der Waals surface area (Å²) in [5, 5.41) is 0.306. The number of alkyl halides is 1. The van der Waals surface area contributed by atoms with E-state index in [2.05, 4.69) is 15.9 Å². The number of nitrogens with zero attached hydrogens (tertiary/aromatic N) is 1. The molecule has 0 aliphatic carbocycles. The Labute approximate surface area is 98.2 Å². The Hall–Kier alpha value is -1.03. The van der Waals surface area contributed by atoms with Gasteiger partial charge in [0.25, 0.3) is 0 Å². The van der Waals surface area contributed by atoms with Crippen molar-refractivity contribution < 1.29 is 9.53 Å². The number of halogens is 1. The van der Waals surface area contributed by atoms with E-state index in [0.717, 1.165) is 11.3 Å². The van der Waals surface area contributed by atoms with Gasteiger partial charge in [0, 0.05) is 7.05 Å². The molecule has 0 aliphatic heterocycles. The van der Waals surface area contributed by atoms with Gasteiger partial charge >= 0.3 is 0 Å². The summed E-state index contributed by atoms with van der Waals surface area (Å²) in [5.41, 5.74) is 1.89. The number of carbonyl (C=O) groups excluding carboxylic acids is 1. The van der Waals surface area contributed by atoms with Crippen LogP contribution in [-0.4, -0.2) is 25.4 Å². The highest BCUT2D eigenvalue weighted by atomic mass is 79.9. The summed E-state index contributed by atoms with van der Waals surface area (Å²) in [4.78, 5) is 13.1. The Kier molecular flexibility index (Phi) is 4.15. The number of aryl methyl sites for hydroxylation is 1. The molecule has 0 saturated heterocycles. The Morgan fingerprint density at radius 2 is 2.20 bits per heavy atom. The Morgan fingerprint density at radius 1 is 1.53 bits per heavy atom. The van der Waals surface area contributed by atoms with Crippen molar-refractivity contribution in [2.45, 2.75) is 6.92 Å². The zero-order chi connectivity index (χ0) is 11.4. The van der Waals surface area contributed by atoms with Gasteiger partial charge in [-0.3, -0.25) is 4.79 Å². The van der Waals surface area contributed by atoms with E-state index < -0.39 is 0 Å². The first-order valence-corrected chi connectivity index (χ1v) is 5.69. The van der Waals surface area contributed by atoms with Crippen LogP contribution >= 0.6 is 15.9 Å². The number of amides is 1. The molecule has 0 spiro atoms. The van der Waals surface area contributed by atoms with Crippen molar-refractivity contribution in [2.24, 2.45) is 0 Å². The summed E-state index contributed by atoms with van der Waals surface area (Å²) in [6.45, 7) is 1.98. The van der Waals surface area contributed by atoms with E-state index in [1.807, 2.05) is 25.1 Å². The quantitative estimate of drug-likeness (QED) is 0.790. The SMILES string of the molecule is COc1ccc(C)cc1N(C)C(=O)CBr. The van der Waals surface area contributed by atoms with E-state index in [9.17, 15) is 4.79 Å². The lowest BCUT2D eigenvalue weighted by Gasteiger charge is -2.19. The fourth-order valence-corrected chi connectivity index (χ4v) is 1.66. The van der Waals surface area contributed by atoms with E-state index in [1.54, 1.807) is 19.1 Å². The van der Waals surface area contributed by atoms with Crippen molar-refractivity contribution in [3.8, 4) is 5.75 Å². The number of rotatable bonds is 3. The molecule has 1 aromatic rings. The maximum Gasteiger partial charge on any atom is 0.237 e. The fourth-order valence-electron chi connectivity index (χ4n) is 1.29. The molecule has 0 atom stereocenters. The third-order valence-corrected chi connectivity index (χ3v) is 2.66. The number of methoxy groups -OCH3 is 1. The smallest absolute Gasteiger partial charge is 0.237 e. The molecule has 0 radical (unpaired) electrons. The van der Waals surface area contributed by atoms with Crippen molar-refractivity contribution in [1.82, 2.24) is 0 Å². The van der Waals surface area contributed by atoms with Gasteiger partial charge < -0.3 is 9.64 Å². The number of ether oxygens (including phenoxy) is 1. The van der Waals surface area contributed by atoms with E-state index in [-0.39, 0.29) is 5.91 Å². The molecule has 0 aliphatic rings. The normalized spacial score (nSPS) is 9.87. The fraction of sp³-hybridized carbons (Fsp3) is 0.364. The Morgan fingerprint density at radius 3 is 2.73 bits per heavy atom. The molecule has 0 saturated carbocycles. The van der Waals surface area contributed by atoms with Crippen LogP contribution in [0.5, 0.6) is 5.75 Å². The number of anilines is 1. The Bertz CT molecular complexity index is 366. The summed E-state index contributed by atoms with van der Waals surface area (Å²) >= 11 is 3.15. The maximum absolute atomic E-state index is 11.5. The minimum Gasteiger partial charge on any atom is -0.495 e. The van der Waals surface area contributed by atoms with E-state index in [1.165, 1.54) is 0 Å². The van der Waals surface area contributed by atoms with E-state index in [0.29, 0.717) is 11.1 Å². The van der Waals surface area contributed by atoms with Crippen LogP contribution in [0.15, 0.2) is 18.2 Å². The largest absolute Gasteiger partial charge is 0.495 e. The summed E-state index contributed by atoms with van der Waals surface area (Å²) in [6.07, 6.45) is 0.